The summed E-state index contributed by atoms with van der Waals surface area (Å²) in [4.78, 5) is 15.5. The highest BCUT2D eigenvalue weighted by Crippen LogP contribution is 2.39. The number of benzene rings is 3. The molecule has 0 atom stereocenters. The van der Waals surface area contributed by atoms with E-state index in [1.54, 1.807) is 11.0 Å². The van der Waals surface area contributed by atoms with Crippen molar-refractivity contribution in [1.29, 1.82) is 5.26 Å². The van der Waals surface area contributed by atoms with E-state index >= 15 is 0 Å². The molecule has 3 aromatic rings. The molecule has 34 heavy (non-hydrogen) atoms. The highest BCUT2D eigenvalue weighted by Gasteiger charge is 2.33. The summed E-state index contributed by atoms with van der Waals surface area (Å²) >= 11 is 11.3. The van der Waals surface area contributed by atoms with E-state index in [9.17, 15) is 10.1 Å². The second-order valence-electron chi connectivity index (χ2n) is 7.65. The topological polar surface area (TPSA) is 53.3 Å². The van der Waals surface area contributed by atoms with Crippen LogP contribution < -0.4 is 9.64 Å². The number of carbonyl (C=O) groups excluding carboxylic acids is 1. The third kappa shape index (κ3) is 5.32. The Morgan fingerprint density at radius 1 is 1.12 bits per heavy atom. The summed E-state index contributed by atoms with van der Waals surface area (Å²) in [6, 6.07) is 19.5. The van der Waals surface area contributed by atoms with Crippen LogP contribution in [-0.4, -0.2) is 10.2 Å². The second-order valence-corrected chi connectivity index (χ2v) is 11.7. The van der Waals surface area contributed by atoms with Gasteiger partial charge in [-0.05, 0) is 107 Å². The van der Waals surface area contributed by atoms with Crippen LogP contribution in [0.15, 0.2) is 59.5 Å². The minimum atomic E-state index is -0.145. The number of aryl methyl sites for hydroxylation is 2. The third-order valence-corrected chi connectivity index (χ3v) is 8.10. The first-order valence-electron chi connectivity index (χ1n) is 10.2. The minimum Gasteiger partial charge on any atom is -0.487 e. The Morgan fingerprint density at radius 2 is 1.88 bits per heavy atom. The predicted molar refractivity (Wildman–Crippen MR) is 159 cm³/mol. The zero-order chi connectivity index (χ0) is 24.4. The molecule has 1 heterocycles. The number of hydrogen-bond donors (Lipinski definition) is 0. The van der Waals surface area contributed by atoms with E-state index in [1.807, 2.05) is 68.5 Å². The van der Waals surface area contributed by atoms with Crippen LogP contribution in [0, 0.1) is 32.3 Å². The molecule has 0 spiro atoms. The molecule has 1 saturated heterocycles. The molecule has 170 valence electrons. The Hall–Kier alpha value is -1.94. The third-order valence-electron chi connectivity index (χ3n) is 5.38. The van der Waals surface area contributed by atoms with Crippen molar-refractivity contribution in [2.45, 2.75) is 20.5 Å². The molecule has 1 amide bonds. The zero-order valence-corrected chi connectivity index (χ0v) is 24.2. The Balaban J connectivity index is 1.67. The molecule has 0 radical (unpaired) electrons. The number of thioether (sulfide) groups is 1. The lowest BCUT2D eigenvalue weighted by molar-refractivity contribution is -0.113. The average molecular weight is 708 g/mol. The van der Waals surface area contributed by atoms with Crippen LogP contribution in [-0.2, 0) is 11.4 Å². The molecule has 0 saturated carbocycles. The molecule has 0 aromatic heterocycles. The van der Waals surface area contributed by atoms with E-state index in [1.165, 1.54) is 11.8 Å². The zero-order valence-electron chi connectivity index (χ0n) is 18.3. The number of hydrogen-bond acceptors (Lipinski definition) is 5. The van der Waals surface area contributed by atoms with Crippen molar-refractivity contribution >= 4 is 91.2 Å². The van der Waals surface area contributed by atoms with Gasteiger partial charge in [0, 0.05) is 14.7 Å². The van der Waals surface area contributed by atoms with Crippen LogP contribution in [0.1, 0.15) is 27.8 Å². The first-order valence-corrected chi connectivity index (χ1v) is 13.6. The van der Waals surface area contributed by atoms with Crippen LogP contribution in [0.2, 0.25) is 0 Å². The second kappa shape index (κ2) is 10.8. The van der Waals surface area contributed by atoms with Crippen LogP contribution >= 0.6 is 69.2 Å². The summed E-state index contributed by atoms with van der Waals surface area (Å²) in [7, 11) is 0. The van der Waals surface area contributed by atoms with Crippen LogP contribution in [0.3, 0.4) is 0 Å². The lowest BCUT2D eigenvalue weighted by atomic mass is 10.1. The highest BCUT2D eigenvalue weighted by atomic mass is 127. The van der Waals surface area contributed by atoms with Gasteiger partial charge in [0.25, 0.3) is 5.91 Å². The van der Waals surface area contributed by atoms with Crippen molar-refractivity contribution in [3.05, 3.63) is 94.5 Å². The van der Waals surface area contributed by atoms with Crippen molar-refractivity contribution < 1.29 is 9.53 Å². The first kappa shape index (κ1) is 25.2. The summed E-state index contributed by atoms with van der Waals surface area (Å²) in [5.74, 6) is 0.526. The maximum atomic E-state index is 13.3. The van der Waals surface area contributed by atoms with Crippen LogP contribution in [0.5, 0.6) is 5.75 Å². The lowest BCUT2D eigenvalue weighted by Crippen LogP contribution is -2.27. The molecular formula is C26H18I2N2O2S2. The number of anilines is 1. The van der Waals surface area contributed by atoms with Crippen LogP contribution in [0.4, 0.5) is 5.69 Å². The average Bonchev–Trinajstić information content (AvgIpc) is 3.08. The van der Waals surface area contributed by atoms with Crippen molar-refractivity contribution in [2.75, 3.05) is 4.90 Å². The van der Waals surface area contributed by atoms with Crippen molar-refractivity contribution in [3.63, 3.8) is 0 Å². The Labute approximate surface area is 235 Å². The van der Waals surface area contributed by atoms with Crippen molar-refractivity contribution in [2.24, 2.45) is 0 Å². The number of nitriles is 1. The number of amides is 1. The summed E-state index contributed by atoms with van der Waals surface area (Å²) in [5, 5.41) is 9.38. The molecule has 3 aromatic carbocycles. The van der Waals surface area contributed by atoms with Crippen molar-refractivity contribution in [3.8, 4) is 11.8 Å². The van der Waals surface area contributed by atoms with Gasteiger partial charge < -0.3 is 4.74 Å². The van der Waals surface area contributed by atoms with E-state index in [0.717, 1.165) is 35.1 Å². The predicted octanol–water partition coefficient (Wildman–Crippen LogP) is 7.37. The van der Waals surface area contributed by atoms with E-state index < -0.39 is 0 Å². The first-order chi connectivity index (χ1) is 16.3. The number of carbonyl (C=O) groups is 1. The quantitative estimate of drug-likeness (QED) is 0.158. The molecule has 0 unspecified atom stereocenters. The number of nitrogens with zero attached hydrogens (tertiary/aromatic N) is 2. The van der Waals surface area contributed by atoms with Gasteiger partial charge in [-0.1, -0.05) is 48.2 Å². The number of ether oxygens (including phenoxy) is 1. The fourth-order valence-electron chi connectivity index (χ4n) is 3.44. The highest BCUT2D eigenvalue weighted by molar-refractivity contribution is 14.1. The fourth-order valence-corrected chi connectivity index (χ4v) is 6.78. The molecule has 1 aliphatic heterocycles. The number of rotatable bonds is 5. The smallest absolute Gasteiger partial charge is 0.270 e. The van der Waals surface area contributed by atoms with Gasteiger partial charge in [-0.2, -0.15) is 5.26 Å². The molecular weight excluding hydrogens is 690 g/mol. The Morgan fingerprint density at radius 3 is 2.62 bits per heavy atom. The molecule has 1 fully saturated rings. The van der Waals surface area contributed by atoms with Gasteiger partial charge in [-0.25, -0.2) is 0 Å². The molecule has 0 bridgehead atoms. The molecule has 0 N–H and O–H groups in total. The molecule has 4 rings (SSSR count). The Kier molecular flexibility index (Phi) is 7.97. The van der Waals surface area contributed by atoms with Gasteiger partial charge in [0.2, 0.25) is 0 Å². The van der Waals surface area contributed by atoms with Gasteiger partial charge >= 0.3 is 0 Å². The van der Waals surface area contributed by atoms with Gasteiger partial charge in [-0.3, -0.25) is 9.69 Å². The van der Waals surface area contributed by atoms with E-state index in [4.69, 9.17) is 17.0 Å². The summed E-state index contributed by atoms with van der Waals surface area (Å²) in [5.41, 5.74) is 5.24. The van der Waals surface area contributed by atoms with Gasteiger partial charge in [0.1, 0.15) is 12.4 Å². The normalized spacial score (nSPS) is 14.6. The largest absolute Gasteiger partial charge is 0.487 e. The maximum Gasteiger partial charge on any atom is 0.270 e. The minimum absolute atomic E-state index is 0.145. The molecule has 8 heteroatoms. The molecule has 0 aliphatic carbocycles. The van der Waals surface area contributed by atoms with Gasteiger partial charge in [0.05, 0.1) is 25.8 Å². The van der Waals surface area contributed by atoms with E-state index in [0.29, 0.717) is 20.5 Å². The van der Waals surface area contributed by atoms with Gasteiger partial charge in [0.15, 0.2) is 4.32 Å². The van der Waals surface area contributed by atoms with Gasteiger partial charge in [-0.15, -0.1) is 0 Å². The lowest BCUT2D eigenvalue weighted by Gasteiger charge is -2.16. The van der Waals surface area contributed by atoms with E-state index in [2.05, 4.69) is 51.3 Å². The monoisotopic (exact) mass is 708 g/mol. The summed E-state index contributed by atoms with van der Waals surface area (Å²) in [6.45, 7) is 4.32. The standard InChI is InChI=1S/C26H18I2N2O2S2/c1-15-7-8-21(9-16(15)2)30-25(31)23(34-26(30)33)11-19-10-20(27)12-22(28)24(19)32-14-18-6-4-3-5-17(18)13-29/h3-12H,14H2,1-2H3. The SMILES string of the molecule is Cc1ccc(N2C(=O)C(=Cc3cc(I)cc(I)c3OCc3ccccc3C#N)SC2=S)cc1C. The summed E-state index contributed by atoms with van der Waals surface area (Å²) in [6.07, 6.45) is 1.84. The van der Waals surface area contributed by atoms with E-state index in [-0.39, 0.29) is 12.5 Å². The number of halogens is 2. The summed E-state index contributed by atoms with van der Waals surface area (Å²) < 4.78 is 8.65. The van der Waals surface area contributed by atoms with Crippen LogP contribution in [0.25, 0.3) is 6.08 Å². The number of thiocarbonyl (C=S) groups is 1. The van der Waals surface area contributed by atoms with Crippen molar-refractivity contribution in [1.82, 2.24) is 0 Å². The molecule has 4 nitrogen and oxygen atoms in total. The maximum absolute atomic E-state index is 13.3. The fraction of sp³-hybridized carbons (Fsp3) is 0.115. The Bertz CT molecular complexity index is 1400. The molecule has 1 aliphatic rings.